The van der Waals surface area contributed by atoms with Gasteiger partial charge in [0.1, 0.15) is 0 Å². The van der Waals surface area contributed by atoms with Crippen molar-refractivity contribution in [3.8, 4) is 0 Å². The number of amides is 1. The summed E-state index contributed by atoms with van der Waals surface area (Å²) >= 11 is 0. The molecule has 0 aliphatic rings. The van der Waals surface area contributed by atoms with E-state index in [0.717, 1.165) is 11.1 Å². The van der Waals surface area contributed by atoms with E-state index >= 15 is 0 Å². The van der Waals surface area contributed by atoms with Crippen molar-refractivity contribution >= 4 is 6.09 Å². The zero-order valence-electron chi connectivity index (χ0n) is 21.1. The van der Waals surface area contributed by atoms with Crippen molar-refractivity contribution in [2.75, 3.05) is 0 Å². The van der Waals surface area contributed by atoms with E-state index in [1.165, 1.54) is 6.61 Å². The number of rotatable bonds is 4. The smallest absolute Gasteiger partial charge is 0.397 e. The molecular formula is C22H48NO5Ti-. The van der Waals surface area contributed by atoms with Gasteiger partial charge in [0.05, 0.1) is 0 Å². The van der Waals surface area contributed by atoms with E-state index in [1.54, 1.807) is 46.4 Å². The van der Waals surface area contributed by atoms with Crippen LogP contribution in [0.4, 0.5) is 4.79 Å². The first-order chi connectivity index (χ1) is 12.5. The molecule has 0 aromatic rings. The largest absolute Gasteiger partial charge is 0.511 e. The SMILES string of the molecule is CC(C)=C(C)[CH-]OC(=O)N(C(C)C)C(C)C.CC(C)O.CC(C)O.CC(C)O.[Ti]. The van der Waals surface area contributed by atoms with Gasteiger partial charge < -0.3 is 25.0 Å². The van der Waals surface area contributed by atoms with E-state index in [4.69, 9.17) is 20.1 Å². The Labute approximate surface area is 195 Å². The third-order valence-corrected chi connectivity index (χ3v) is 2.45. The minimum atomic E-state index is -0.286. The van der Waals surface area contributed by atoms with Crippen LogP contribution in [-0.4, -0.2) is 56.7 Å². The number of hydrogen-bond donors (Lipinski definition) is 3. The van der Waals surface area contributed by atoms with Crippen molar-refractivity contribution in [2.24, 2.45) is 0 Å². The Balaban J connectivity index is -0.000000121. The summed E-state index contributed by atoms with van der Waals surface area (Å²) in [5.74, 6) is 0. The van der Waals surface area contributed by atoms with Gasteiger partial charge in [0.15, 0.2) is 0 Å². The number of carbonyl (C=O) groups is 1. The normalized spacial score (nSPS) is 9.41. The first kappa shape index (κ1) is 39.0. The van der Waals surface area contributed by atoms with E-state index in [0.29, 0.717) is 0 Å². The maximum Gasteiger partial charge on any atom is 0.397 e. The number of aliphatic hydroxyl groups is 3. The fourth-order valence-electron chi connectivity index (χ4n) is 1.34. The summed E-state index contributed by atoms with van der Waals surface area (Å²) in [7, 11) is 0. The van der Waals surface area contributed by atoms with Crippen LogP contribution in [0.15, 0.2) is 11.1 Å². The second-order valence-corrected chi connectivity index (χ2v) is 8.06. The molecule has 29 heavy (non-hydrogen) atoms. The summed E-state index contributed by atoms with van der Waals surface area (Å²) in [5.41, 5.74) is 2.13. The van der Waals surface area contributed by atoms with Gasteiger partial charge in [-0.15, -0.1) is 13.8 Å². The Morgan fingerprint density at radius 1 is 0.724 bits per heavy atom. The van der Waals surface area contributed by atoms with Crippen LogP contribution in [0.25, 0.3) is 0 Å². The molecule has 0 bridgehead atoms. The molecule has 0 heterocycles. The summed E-state index contributed by atoms with van der Waals surface area (Å²) in [4.78, 5) is 13.5. The van der Waals surface area contributed by atoms with Gasteiger partial charge in [-0.3, -0.25) is 0 Å². The Morgan fingerprint density at radius 2 is 0.966 bits per heavy atom. The molecule has 0 radical (unpaired) electrons. The number of hydrogen-bond acceptors (Lipinski definition) is 5. The molecule has 7 heteroatoms. The van der Waals surface area contributed by atoms with E-state index in [1.807, 2.05) is 48.5 Å². The van der Waals surface area contributed by atoms with Crippen molar-refractivity contribution < 1.29 is 46.6 Å². The minimum Gasteiger partial charge on any atom is -0.511 e. The summed E-state index contributed by atoms with van der Waals surface area (Å²) in [6.45, 7) is 25.7. The molecule has 176 valence electrons. The summed E-state index contributed by atoms with van der Waals surface area (Å²) in [6.07, 6.45) is -0.786. The van der Waals surface area contributed by atoms with Crippen molar-refractivity contribution in [3.05, 3.63) is 17.8 Å². The van der Waals surface area contributed by atoms with Crippen molar-refractivity contribution in [3.63, 3.8) is 0 Å². The molecule has 1 amide bonds. The van der Waals surface area contributed by atoms with Gasteiger partial charge >= 0.3 is 6.09 Å². The monoisotopic (exact) mass is 454 g/mol. The van der Waals surface area contributed by atoms with Crippen molar-refractivity contribution in [1.82, 2.24) is 4.90 Å². The van der Waals surface area contributed by atoms with Crippen LogP contribution in [0.2, 0.25) is 0 Å². The standard InChI is InChI=1S/C13H24NO2.3C3H8O.Ti/c1-9(2)12(7)8-16-13(15)14(10(3)4)11(5)6;3*1-3(2)4;/h8,10-11H,1-7H3;3*3-4H,1-2H3;/q-1;;;;. The van der Waals surface area contributed by atoms with Crippen LogP contribution < -0.4 is 0 Å². The summed E-state index contributed by atoms with van der Waals surface area (Å²) in [6, 6.07) is 0.292. The fraction of sp³-hybridized carbons (Fsp3) is 0.818. The summed E-state index contributed by atoms with van der Waals surface area (Å²) in [5, 5.41) is 24.2. The zero-order chi connectivity index (χ0) is 23.6. The van der Waals surface area contributed by atoms with Crippen molar-refractivity contribution in [2.45, 2.75) is 120 Å². The molecule has 0 aliphatic carbocycles. The molecule has 0 rings (SSSR count). The summed E-state index contributed by atoms with van der Waals surface area (Å²) < 4.78 is 5.15. The molecule has 0 unspecified atom stereocenters. The molecule has 6 nitrogen and oxygen atoms in total. The van der Waals surface area contributed by atoms with E-state index < -0.39 is 0 Å². The fourth-order valence-corrected chi connectivity index (χ4v) is 1.34. The third-order valence-electron chi connectivity index (χ3n) is 2.45. The van der Waals surface area contributed by atoms with Gasteiger partial charge in [0.2, 0.25) is 0 Å². The number of aliphatic hydroxyl groups excluding tert-OH is 3. The number of nitrogens with zero attached hydrogens (tertiary/aromatic N) is 1. The molecule has 0 saturated carbocycles. The number of ether oxygens (including phenoxy) is 1. The number of carbonyl (C=O) groups excluding carboxylic acids is 1. The van der Waals surface area contributed by atoms with Crippen LogP contribution >= 0.6 is 0 Å². The van der Waals surface area contributed by atoms with Gasteiger partial charge in [0.25, 0.3) is 0 Å². The maximum absolute atomic E-state index is 11.8. The molecule has 3 N–H and O–H groups in total. The second-order valence-electron chi connectivity index (χ2n) is 8.06. The molecule has 0 aromatic heterocycles. The van der Waals surface area contributed by atoms with Crippen LogP contribution in [0, 0.1) is 6.61 Å². The Kier molecular flexibility index (Phi) is 31.9. The van der Waals surface area contributed by atoms with Gasteiger partial charge in [-0.2, -0.15) is 5.57 Å². The van der Waals surface area contributed by atoms with E-state index in [-0.39, 0.29) is 58.2 Å². The Bertz CT molecular complexity index is 360. The van der Waals surface area contributed by atoms with Crippen LogP contribution in [-0.2, 0) is 26.5 Å². The second kappa shape index (κ2) is 23.8. The average molecular weight is 454 g/mol. The molecule has 0 aromatic carbocycles. The molecule has 0 spiro atoms. The predicted molar refractivity (Wildman–Crippen MR) is 119 cm³/mol. The predicted octanol–water partition coefficient (Wildman–Crippen LogP) is 4.92. The molecular weight excluding hydrogens is 406 g/mol. The van der Waals surface area contributed by atoms with Gasteiger partial charge in [-0.1, -0.05) is 13.5 Å². The van der Waals surface area contributed by atoms with Crippen molar-refractivity contribution in [1.29, 1.82) is 0 Å². The minimum absolute atomic E-state index is 0. The maximum atomic E-state index is 11.8. The topological polar surface area (TPSA) is 90.2 Å². The molecule has 0 aliphatic heterocycles. The number of allylic oxidation sites excluding steroid dienone is 1. The van der Waals surface area contributed by atoms with E-state index in [2.05, 4.69) is 0 Å². The van der Waals surface area contributed by atoms with Gasteiger partial charge in [-0.05, 0) is 69.2 Å². The first-order valence-electron chi connectivity index (χ1n) is 9.97. The quantitative estimate of drug-likeness (QED) is 0.414. The van der Waals surface area contributed by atoms with Gasteiger partial charge in [0, 0.05) is 52.1 Å². The molecule has 0 atom stereocenters. The Morgan fingerprint density at radius 3 is 1.14 bits per heavy atom. The van der Waals surface area contributed by atoms with Crippen LogP contribution in [0.1, 0.15) is 90.0 Å². The van der Waals surface area contributed by atoms with Crippen LogP contribution in [0.5, 0.6) is 0 Å². The third kappa shape index (κ3) is 42.5. The van der Waals surface area contributed by atoms with Crippen LogP contribution in [0.3, 0.4) is 0 Å². The Hall–Kier alpha value is -0.526. The van der Waals surface area contributed by atoms with E-state index in [9.17, 15) is 4.79 Å². The molecule has 0 fully saturated rings. The molecule has 0 saturated heterocycles. The van der Waals surface area contributed by atoms with Gasteiger partial charge in [-0.25, -0.2) is 10.4 Å². The zero-order valence-corrected chi connectivity index (χ0v) is 22.6. The first-order valence-corrected chi connectivity index (χ1v) is 9.97. The average Bonchev–Trinajstić information content (AvgIpc) is 2.41.